The maximum atomic E-state index is 14.7. The molecule has 1 saturated carbocycles. The Balaban J connectivity index is 0.00000380. The Kier molecular flexibility index (Phi) is 7.04. The van der Waals surface area contributed by atoms with Crippen LogP contribution in [0.3, 0.4) is 0 Å². The predicted octanol–water partition coefficient (Wildman–Crippen LogP) is 5.74. The molecule has 2 aliphatic rings. The lowest BCUT2D eigenvalue weighted by atomic mass is 9.79. The lowest BCUT2D eigenvalue weighted by Crippen LogP contribution is -2.51. The van der Waals surface area contributed by atoms with E-state index in [1.165, 1.54) is 0 Å². The smallest absolute Gasteiger partial charge is 0.435 e. The van der Waals surface area contributed by atoms with Gasteiger partial charge < -0.3 is 10.4 Å². The van der Waals surface area contributed by atoms with Crippen LogP contribution in [-0.4, -0.2) is 38.4 Å². The van der Waals surface area contributed by atoms with Gasteiger partial charge in [-0.2, -0.15) is 26.3 Å². The van der Waals surface area contributed by atoms with Crippen LogP contribution in [0.1, 0.15) is 24.0 Å². The van der Waals surface area contributed by atoms with Gasteiger partial charge >= 0.3 is 24.0 Å². The number of carboxylic acids is 1. The summed E-state index contributed by atoms with van der Waals surface area (Å²) in [4.78, 5) is 11.4. The summed E-state index contributed by atoms with van der Waals surface area (Å²) in [5.74, 6) is -4.50. The molecule has 0 bridgehead atoms. The van der Waals surface area contributed by atoms with Crippen LogP contribution in [0.5, 0.6) is 0 Å². The van der Waals surface area contributed by atoms with Gasteiger partial charge in [0.15, 0.2) is 9.84 Å². The topological polar surface area (TPSA) is 83.5 Å². The zero-order valence-corrected chi connectivity index (χ0v) is 20.0. The molecular formula is C22H18ClF8NO4S. The molecule has 5 nitrogen and oxygen atoms in total. The number of anilines is 1. The zero-order chi connectivity index (χ0) is 26.9. The fraction of sp³-hybridized carbons (Fsp3) is 0.409. The normalized spacial score (nSPS) is 23.9. The fourth-order valence-electron chi connectivity index (χ4n) is 5.30. The number of hydrogen-bond acceptors (Lipinski definition) is 4. The molecule has 0 aromatic heterocycles. The summed E-state index contributed by atoms with van der Waals surface area (Å²) in [5.41, 5.74) is -8.34. The van der Waals surface area contributed by atoms with E-state index in [1.807, 2.05) is 0 Å². The number of sulfone groups is 1. The Morgan fingerprint density at radius 1 is 0.973 bits per heavy atom. The molecule has 1 heterocycles. The van der Waals surface area contributed by atoms with Crippen LogP contribution in [0.25, 0.3) is 0 Å². The molecule has 3 atom stereocenters. The van der Waals surface area contributed by atoms with E-state index >= 15 is 0 Å². The van der Waals surface area contributed by atoms with E-state index in [-0.39, 0.29) is 42.9 Å². The number of rotatable bonds is 4. The zero-order valence-electron chi connectivity index (χ0n) is 18.3. The van der Waals surface area contributed by atoms with Gasteiger partial charge in [0.25, 0.3) is 0 Å². The molecule has 0 amide bonds. The first kappa shape index (κ1) is 29.0. The summed E-state index contributed by atoms with van der Waals surface area (Å²) >= 11 is 0. The van der Waals surface area contributed by atoms with Crippen molar-refractivity contribution in [2.75, 3.05) is 11.9 Å². The van der Waals surface area contributed by atoms with Crippen molar-refractivity contribution in [3.05, 3.63) is 59.4 Å². The highest BCUT2D eigenvalue weighted by Crippen LogP contribution is 2.60. The summed E-state index contributed by atoms with van der Waals surface area (Å²) in [6, 6.07) is 4.67. The second kappa shape index (κ2) is 9.00. The van der Waals surface area contributed by atoms with Gasteiger partial charge in [0.1, 0.15) is 10.6 Å². The third kappa shape index (κ3) is 4.03. The van der Waals surface area contributed by atoms with Crippen molar-refractivity contribution < 1.29 is 53.4 Å². The number of alkyl halides is 7. The molecule has 0 unspecified atom stereocenters. The van der Waals surface area contributed by atoms with Crippen molar-refractivity contribution in [3.8, 4) is 0 Å². The molecule has 2 aromatic rings. The van der Waals surface area contributed by atoms with Crippen molar-refractivity contribution in [1.82, 2.24) is 0 Å². The summed E-state index contributed by atoms with van der Waals surface area (Å²) < 4.78 is 133. The third-order valence-electron chi connectivity index (χ3n) is 7.00. The van der Waals surface area contributed by atoms with Crippen molar-refractivity contribution in [3.63, 3.8) is 0 Å². The molecule has 2 N–H and O–H groups in total. The predicted molar refractivity (Wildman–Crippen MR) is 116 cm³/mol. The SMILES string of the molecule is Cl.O=C(O)[C@@H]1CC[C@@]2(S(=O)(=O)c3ccc(F)cc3)c3ccc(C(F)(C(F)(F)F)C(F)(F)F)cc3NC[C@@H]12. The van der Waals surface area contributed by atoms with Gasteiger partial charge in [-0.15, -0.1) is 12.4 Å². The molecule has 4 rings (SSSR count). The van der Waals surface area contributed by atoms with Crippen LogP contribution < -0.4 is 5.32 Å². The highest BCUT2D eigenvalue weighted by molar-refractivity contribution is 7.92. The third-order valence-corrected chi connectivity index (χ3v) is 9.58. The van der Waals surface area contributed by atoms with E-state index in [9.17, 15) is 53.4 Å². The highest BCUT2D eigenvalue weighted by atomic mass is 35.5. The number of nitrogens with one attached hydrogen (secondary N) is 1. The van der Waals surface area contributed by atoms with Gasteiger partial charge in [0.2, 0.25) is 0 Å². The molecule has 15 heteroatoms. The van der Waals surface area contributed by atoms with Crippen LogP contribution >= 0.6 is 12.4 Å². The van der Waals surface area contributed by atoms with Crippen LogP contribution in [0.2, 0.25) is 0 Å². The molecular weight excluding hydrogens is 562 g/mol. The molecule has 1 fully saturated rings. The molecule has 204 valence electrons. The number of carboxylic acid groups (broad SMARTS) is 1. The van der Waals surface area contributed by atoms with Gasteiger partial charge in [-0.1, -0.05) is 12.1 Å². The Morgan fingerprint density at radius 3 is 2.05 bits per heavy atom. The van der Waals surface area contributed by atoms with Gasteiger partial charge in [-0.3, -0.25) is 4.79 Å². The molecule has 1 aliphatic heterocycles. The molecule has 2 aromatic carbocycles. The highest BCUT2D eigenvalue weighted by Gasteiger charge is 2.74. The van der Waals surface area contributed by atoms with Crippen LogP contribution in [0, 0.1) is 17.7 Å². The van der Waals surface area contributed by atoms with Crippen molar-refractivity contribution in [1.29, 1.82) is 0 Å². The maximum Gasteiger partial charge on any atom is 0.435 e. The minimum Gasteiger partial charge on any atom is -0.481 e. The molecule has 37 heavy (non-hydrogen) atoms. The Morgan fingerprint density at radius 2 is 1.54 bits per heavy atom. The number of benzene rings is 2. The lowest BCUT2D eigenvalue weighted by Gasteiger charge is -2.42. The quantitative estimate of drug-likeness (QED) is 0.356. The van der Waals surface area contributed by atoms with E-state index < -0.39 is 78.9 Å². The molecule has 0 saturated heterocycles. The van der Waals surface area contributed by atoms with Gasteiger partial charge in [-0.05, 0) is 48.7 Å². The van der Waals surface area contributed by atoms with E-state index in [4.69, 9.17) is 0 Å². The first-order valence-corrected chi connectivity index (χ1v) is 11.9. The van der Waals surface area contributed by atoms with Crippen LogP contribution in [-0.2, 0) is 25.0 Å². The summed E-state index contributed by atoms with van der Waals surface area (Å²) in [7, 11) is -4.57. The minimum atomic E-state index is -6.38. The number of aliphatic carboxylic acids is 1. The van der Waals surface area contributed by atoms with Gasteiger partial charge in [-0.25, -0.2) is 17.2 Å². The minimum absolute atomic E-state index is 0. The van der Waals surface area contributed by atoms with E-state index in [0.717, 1.165) is 24.3 Å². The first-order valence-electron chi connectivity index (χ1n) is 10.4. The van der Waals surface area contributed by atoms with Gasteiger partial charge in [0, 0.05) is 23.7 Å². The molecule has 1 aliphatic carbocycles. The lowest BCUT2D eigenvalue weighted by molar-refractivity contribution is -0.348. The van der Waals surface area contributed by atoms with E-state index in [1.54, 1.807) is 0 Å². The largest absolute Gasteiger partial charge is 0.481 e. The average Bonchev–Trinajstić information content (AvgIpc) is 3.19. The monoisotopic (exact) mass is 579 g/mol. The number of carbonyl (C=O) groups is 1. The van der Waals surface area contributed by atoms with Crippen molar-refractivity contribution >= 4 is 33.9 Å². The van der Waals surface area contributed by atoms with E-state index in [2.05, 4.69) is 5.32 Å². The first-order chi connectivity index (χ1) is 16.5. The second-order valence-electron chi connectivity index (χ2n) is 8.73. The summed E-state index contributed by atoms with van der Waals surface area (Å²) in [6.07, 6.45) is -13.3. The van der Waals surface area contributed by atoms with Gasteiger partial charge in [0.05, 0.1) is 10.8 Å². The Hall–Kier alpha value is -2.61. The van der Waals surface area contributed by atoms with Crippen LogP contribution in [0.4, 0.5) is 40.8 Å². The average molecular weight is 580 g/mol. The summed E-state index contributed by atoms with van der Waals surface area (Å²) in [6.45, 7) is -0.439. The van der Waals surface area contributed by atoms with Crippen LogP contribution in [0.15, 0.2) is 47.4 Å². The van der Waals surface area contributed by atoms with Crippen molar-refractivity contribution in [2.45, 2.75) is 40.5 Å². The second-order valence-corrected chi connectivity index (χ2v) is 10.9. The Bertz CT molecular complexity index is 1300. The molecule has 0 spiro atoms. The maximum absolute atomic E-state index is 14.7. The fourth-order valence-corrected chi connectivity index (χ4v) is 7.72. The standard InChI is InChI=1S/C22H17F8NO4S.ClH/c23-12-2-4-13(5-3-12)36(34,35)19-8-7-14(18(32)33)16(19)10-31-17-9-11(1-6-15(17)19)20(24,21(25,26)27)22(28,29)30;/h1-6,9,14,16,31H,7-8,10H2,(H,32,33);1H/t14-,16+,19-;/m1./s1. The number of hydrogen-bond donors (Lipinski definition) is 2. The summed E-state index contributed by atoms with van der Waals surface area (Å²) in [5, 5.41) is 12.1. The molecule has 0 radical (unpaired) electrons. The van der Waals surface area contributed by atoms with E-state index in [0.29, 0.717) is 6.07 Å². The number of halogens is 9. The Labute approximate surface area is 211 Å². The van der Waals surface area contributed by atoms with Crippen molar-refractivity contribution in [2.24, 2.45) is 11.8 Å². The number of fused-ring (bicyclic) bond motifs is 3.